The van der Waals surface area contributed by atoms with E-state index in [-0.39, 0.29) is 85.3 Å². The van der Waals surface area contributed by atoms with Crippen molar-refractivity contribution in [3.8, 4) is 46.7 Å². The molecular formula is C70H86Cl2N14O10. The lowest BCUT2D eigenvalue weighted by Crippen LogP contribution is -2.57. The van der Waals surface area contributed by atoms with Crippen molar-refractivity contribution in [2.45, 2.75) is 140 Å². The maximum Gasteiger partial charge on any atom is 0.247 e. The maximum atomic E-state index is 14.3. The van der Waals surface area contributed by atoms with Crippen LogP contribution in [0.4, 0.5) is 34.4 Å². The summed E-state index contributed by atoms with van der Waals surface area (Å²) >= 11 is 0. The average Bonchev–Trinajstić information content (AvgIpc) is 1.89. The molecule has 2 saturated heterocycles. The molecule has 2 aliphatic heterocycles. The Bertz CT molecular complexity index is 3590. The molecule has 0 radical (unpaired) electrons. The van der Waals surface area contributed by atoms with Crippen molar-refractivity contribution >= 4 is 116 Å². The van der Waals surface area contributed by atoms with Crippen LogP contribution in [0.3, 0.4) is 0 Å². The first-order chi connectivity index (χ1) is 45.7. The van der Waals surface area contributed by atoms with Gasteiger partial charge in [-0.15, -0.1) is 24.8 Å². The number of rotatable bonds is 24. The van der Waals surface area contributed by atoms with Crippen molar-refractivity contribution in [2.24, 2.45) is 11.8 Å². The number of likely N-dealkylation sites (tertiary alicyclic amines) is 2. The van der Waals surface area contributed by atoms with Crippen LogP contribution < -0.4 is 61.5 Å². The topological polar surface area (TPSA) is 294 Å². The molecule has 510 valence electrons. The normalized spacial score (nSPS) is 17.4. The van der Waals surface area contributed by atoms with E-state index in [0.29, 0.717) is 118 Å². The number of nitrogens with zero attached hydrogens (tertiary/aromatic N) is 6. The van der Waals surface area contributed by atoms with Gasteiger partial charge in [0.25, 0.3) is 0 Å². The Kier molecular flexibility index (Phi) is 26.5. The molecule has 4 aromatic carbocycles. The van der Waals surface area contributed by atoms with Crippen molar-refractivity contribution in [3.05, 3.63) is 85.5 Å². The van der Waals surface area contributed by atoms with E-state index < -0.39 is 36.3 Å². The van der Waals surface area contributed by atoms with Crippen molar-refractivity contribution in [1.29, 1.82) is 0 Å². The minimum absolute atomic E-state index is 0. The van der Waals surface area contributed by atoms with E-state index in [1.165, 1.54) is 26.9 Å². The minimum atomic E-state index is -0.736. The summed E-state index contributed by atoms with van der Waals surface area (Å²) in [6.45, 7) is 4.53. The summed E-state index contributed by atoms with van der Waals surface area (Å²) in [4.78, 5) is 104. The van der Waals surface area contributed by atoms with Crippen LogP contribution in [-0.4, -0.2) is 156 Å². The predicted molar refractivity (Wildman–Crippen MR) is 373 cm³/mol. The van der Waals surface area contributed by atoms with Crippen molar-refractivity contribution in [3.63, 3.8) is 0 Å². The number of amides is 6. The van der Waals surface area contributed by atoms with Gasteiger partial charge in [-0.2, -0.15) is 0 Å². The van der Waals surface area contributed by atoms with Gasteiger partial charge in [-0.3, -0.25) is 28.8 Å². The number of nitrogens with one attached hydrogen (secondary N) is 8. The summed E-state index contributed by atoms with van der Waals surface area (Å²) in [5.41, 5.74) is 3.38. The van der Waals surface area contributed by atoms with Crippen LogP contribution in [0, 0.1) is 35.5 Å². The Morgan fingerprint density at radius 3 is 1.27 bits per heavy atom. The largest absolute Gasteiger partial charge is 0.494 e. The molecule has 24 nitrogen and oxygen atoms in total. The molecule has 6 aromatic rings. The Morgan fingerprint density at radius 2 is 0.906 bits per heavy atom. The molecule has 4 fully saturated rings. The van der Waals surface area contributed by atoms with Gasteiger partial charge in [0.2, 0.25) is 35.4 Å². The second kappa shape index (κ2) is 35.0. The highest BCUT2D eigenvalue weighted by atomic mass is 35.5. The summed E-state index contributed by atoms with van der Waals surface area (Å²) in [6, 6.07) is 17.7. The minimum Gasteiger partial charge on any atom is -0.494 e. The fraction of sp³-hybridized carbons (Fsp3) is 0.457. The fourth-order valence-corrected chi connectivity index (χ4v) is 12.8. The van der Waals surface area contributed by atoms with Gasteiger partial charge >= 0.3 is 0 Å². The maximum absolute atomic E-state index is 14.3. The van der Waals surface area contributed by atoms with Gasteiger partial charge in [-0.1, -0.05) is 38.5 Å². The van der Waals surface area contributed by atoms with Gasteiger partial charge in [0.05, 0.1) is 48.7 Å². The zero-order chi connectivity index (χ0) is 66.1. The Balaban J connectivity index is 0.00000589. The molecule has 6 amide bonds. The average molecular weight is 1350 g/mol. The predicted octanol–water partition coefficient (Wildman–Crippen LogP) is 8.59. The summed E-state index contributed by atoms with van der Waals surface area (Å²) in [7, 11) is 6.44. The first-order valence-electron chi connectivity index (χ1n) is 32.5. The zero-order valence-corrected chi connectivity index (χ0v) is 56.6. The van der Waals surface area contributed by atoms with Crippen LogP contribution in [0.1, 0.15) is 104 Å². The number of aromatic nitrogens is 4. The zero-order valence-electron chi connectivity index (χ0n) is 55.0. The van der Waals surface area contributed by atoms with Crippen LogP contribution in [-0.2, 0) is 28.8 Å². The van der Waals surface area contributed by atoms with E-state index in [9.17, 15) is 28.8 Å². The van der Waals surface area contributed by atoms with Gasteiger partial charge < -0.3 is 71.3 Å². The van der Waals surface area contributed by atoms with E-state index in [2.05, 4.69) is 86.2 Å². The number of hydrogen-bond donors (Lipinski definition) is 8. The molecule has 4 aliphatic rings. The Labute approximate surface area is 572 Å². The van der Waals surface area contributed by atoms with E-state index in [1.807, 2.05) is 24.3 Å². The van der Waals surface area contributed by atoms with Crippen molar-refractivity contribution in [1.82, 2.24) is 51.0 Å². The van der Waals surface area contributed by atoms with Crippen molar-refractivity contribution in [2.75, 3.05) is 75.9 Å². The lowest BCUT2D eigenvalue weighted by Gasteiger charge is -2.35. The fourth-order valence-electron chi connectivity index (χ4n) is 12.8. The number of fused-ring (bicyclic) bond motifs is 2. The number of halogens is 2. The molecule has 8 N–H and O–H groups in total. The number of hydrogen-bond acceptors (Lipinski definition) is 18. The standard InChI is InChI=1S/C70H84N14O10.2ClH/c1-43(71-3)65(85)81-61(45-19-11-9-12-20-45)69(89)83-33-17-23-57(83)67(87)79-55-37-51-53(39-59(55)91-5)73-41-75-63(51)77-47-25-29-49(30-26-47)93-35-15-7-8-16-36-94-50-31-27-48(28-32-50)78-64-52-38-56(60(92-6)40-54(52)74-42-76-64)80-68(88)58-24-18-34-84(58)70(90)62(46-21-13-10-14-22-46)82-66(86)44(2)72-4;;/h25-32,37-46,57-58,61-62,71-72H,9-14,17-24,33-36H2,1-6H3,(H,79,87)(H,80,88)(H,81,85)(H,82,86)(H,73,75,77)(H,74,76,78);2*1H/t43-,44-,57-,58-,61-,62-;;/m0../s1. The molecular weight excluding hydrogens is 1270 g/mol. The second-order valence-electron chi connectivity index (χ2n) is 24.2. The smallest absolute Gasteiger partial charge is 0.247 e. The molecule has 0 spiro atoms. The van der Waals surface area contributed by atoms with E-state index in [4.69, 9.17) is 18.9 Å². The molecule has 2 aromatic heterocycles. The number of anilines is 6. The van der Waals surface area contributed by atoms with E-state index in [1.54, 1.807) is 86.3 Å². The van der Waals surface area contributed by atoms with Crippen LogP contribution in [0.25, 0.3) is 21.8 Å². The summed E-state index contributed by atoms with van der Waals surface area (Å²) < 4.78 is 23.2. The quantitative estimate of drug-likeness (QED) is 0.0263. The van der Waals surface area contributed by atoms with Crippen LogP contribution >= 0.6 is 24.8 Å². The number of methoxy groups -OCH3 is 2. The molecule has 2 saturated carbocycles. The van der Waals surface area contributed by atoms with Crippen LogP contribution in [0.15, 0.2) is 85.5 Å². The molecule has 0 unspecified atom stereocenters. The third kappa shape index (κ3) is 18.0. The number of ether oxygens (including phenoxy) is 4. The summed E-state index contributed by atoms with van der Waals surface area (Å²) in [6.07, 6.45) is 14.7. The van der Waals surface area contributed by atoms with E-state index >= 15 is 0 Å². The van der Waals surface area contributed by atoms with Gasteiger partial charge in [0.15, 0.2) is 0 Å². The molecule has 0 bridgehead atoms. The second-order valence-corrected chi connectivity index (χ2v) is 24.2. The number of benzene rings is 4. The highest BCUT2D eigenvalue weighted by Gasteiger charge is 2.43. The van der Waals surface area contributed by atoms with Gasteiger partial charge in [0.1, 0.15) is 84.7 Å². The molecule has 26 heteroatoms. The Morgan fingerprint density at radius 1 is 0.521 bits per heavy atom. The lowest BCUT2D eigenvalue weighted by atomic mass is 9.83. The molecule has 6 atom stereocenters. The third-order valence-corrected chi connectivity index (χ3v) is 18.2. The lowest BCUT2D eigenvalue weighted by molar-refractivity contribution is -0.142. The van der Waals surface area contributed by atoms with E-state index in [0.717, 1.165) is 64.2 Å². The number of carbonyl (C=O) groups is 6. The first-order valence-corrected chi connectivity index (χ1v) is 32.5. The van der Waals surface area contributed by atoms with Gasteiger partial charge in [-0.25, -0.2) is 19.9 Å². The number of carbonyl (C=O) groups excluding carboxylic acids is 6. The highest BCUT2D eigenvalue weighted by molar-refractivity contribution is 6.05. The van der Waals surface area contributed by atoms with Crippen molar-refractivity contribution < 1.29 is 47.7 Å². The molecule has 96 heavy (non-hydrogen) atoms. The number of likely N-dealkylation sites (N-methyl/N-ethyl adjacent to an activating group) is 2. The molecule has 4 heterocycles. The Hall–Kier alpha value is -9.20. The van der Waals surface area contributed by atoms with Gasteiger partial charge in [0, 0.05) is 47.4 Å². The van der Waals surface area contributed by atoms with Crippen LogP contribution in [0.2, 0.25) is 0 Å². The summed E-state index contributed by atoms with van der Waals surface area (Å²) in [5, 5.41) is 26.0. The summed E-state index contributed by atoms with van der Waals surface area (Å²) in [5.74, 6) is 12.7. The van der Waals surface area contributed by atoms with Crippen LogP contribution in [0.5, 0.6) is 23.0 Å². The molecule has 2 aliphatic carbocycles. The van der Waals surface area contributed by atoms with Gasteiger partial charge in [-0.05, 0) is 175 Å². The highest BCUT2D eigenvalue weighted by Crippen LogP contribution is 2.38. The SMILES string of the molecule is CN[C@@H](C)C(=O)N[C@H](C(=O)N1CCC[C@H]1C(=O)Nc1cc2c(Nc3ccc(OCC#CC#CCOc4ccc(Nc5ncnc6cc(OC)c(NC(=O)[C@@H]7CCCN7C(=O)[C@@H](NC(=O)[C@H](C)NC)C7CCCCC7)cc56)cc4)cc3)ncnc2cc1OC)C1CCCCC1.Cl.Cl. The third-order valence-electron chi connectivity index (χ3n) is 18.2. The first kappa shape index (κ1) is 72.6. The molecule has 10 rings (SSSR count). The monoisotopic (exact) mass is 1350 g/mol.